The van der Waals surface area contributed by atoms with Crippen molar-refractivity contribution in [2.24, 2.45) is 23.7 Å². The maximum Gasteiger partial charge on any atom is 0.327 e. The van der Waals surface area contributed by atoms with E-state index in [9.17, 15) is 19.8 Å². The third-order valence-electron chi connectivity index (χ3n) is 6.15. The zero-order valence-electron chi connectivity index (χ0n) is 17.8. The van der Waals surface area contributed by atoms with E-state index in [2.05, 4.69) is 20.8 Å². The molecule has 5 nitrogen and oxygen atoms in total. The van der Waals surface area contributed by atoms with Gasteiger partial charge in [-0.2, -0.15) is 0 Å². The minimum absolute atomic E-state index is 0.0809. The molecule has 0 radical (unpaired) electrons. The highest BCUT2D eigenvalue weighted by Crippen LogP contribution is 2.40. The molecule has 1 fully saturated rings. The van der Waals surface area contributed by atoms with Gasteiger partial charge in [-0.3, -0.25) is 4.79 Å². The number of Topliss-reactive ketones (excluding diaryl/α,β-unsaturated/α-hetero) is 1. The lowest BCUT2D eigenvalue weighted by atomic mass is 9.77. The molecule has 0 saturated heterocycles. The van der Waals surface area contributed by atoms with Crippen molar-refractivity contribution in [1.29, 1.82) is 0 Å². The van der Waals surface area contributed by atoms with Crippen LogP contribution in [-0.4, -0.2) is 39.3 Å². The van der Waals surface area contributed by atoms with Crippen LogP contribution in [-0.2, 0) is 9.59 Å². The van der Waals surface area contributed by atoms with Crippen LogP contribution in [0.3, 0.4) is 0 Å². The fraction of sp³-hybridized carbons (Fsp3) is 0.826. The van der Waals surface area contributed by atoms with Gasteiger partial charge in [-0.25, -0.2) is 4.79 Å². The molecule has 1 aliphatic carbocycles. The number of carbonyl (C=O) groups is 2. The van der Waals surface area contributed by atoms with E-state index >= 15 is 0 Å². The summed E-state index contributed by atoms with van der Waals surface area (Å²) in [7, 11) is 0. The highest BCUT2D eigenvalue weighted by atomic mass is 16.4. The Bertz CT molecular complexity index is 501. The summed E-state index contributed by atoms with van der Waals surface area (Å²) in [5.41, 5.74) is 0. The largest absolute Gasteiger partial charge is 0.478 e. The van der Waals surface area contributed by atoms with Crippen LogP contribution >= 0.6 is 0 Å². The molecule has 0 spiro atoms. The lowest BCUT2D eigenvalue weighted by Crippen LogP contribution is -2.30. The van der Waals surface area contributed by atoms with Crippen molar-refractivity contribution < 1.29 is 24.9 Å². The van der Waals surface area contributed by atoms with Crippen molar-refractivity contribution in [3.05, 3.63) is 12.2 Å². The zero-order valence-corrected chi connectivity index (χ0v) is 17.8. The van der Waals surface area contributed by atoms with Gasteiger partial charge < -0.3 is 15.3 Å². The van der Waals surface area contributed by atoms with Crippen molar-refractivity contribution in [1.82, 2.24) is 0 Å². The molecule has 0 aromatic heterocycles. The maximum absolute atomic E-state index is 12.4. The predicted molar refractivity (Wildman–Crippen MR) is 111 cm³/mol. The normalized spacial score (nSPS) is 25.9. The molecule has 0 heterocycles. The number of ketones is 1. The SMILES string of the molecule is CCCC[C@H](C)C[C@H](O)CC(C)[C@H]1[C@H](O)CC(=O)[C@@H]1CCCC/C=C/C(=O)O. The van der Waals surface area contributed by atoms with Crippen molar-refractivity contribution >= 4 is 11.8 Å². The summed E-state index contributed by atoms with van der Waals surface area (Å²) in [4.78, 5) is 22.8. The fourth-order valence-corrected chi connectivity index (χ4v) is 4.73. The Hall–Kier alpha value is -1.20. The number of carboxylic acid groups (broad SMARTS) is 1. The van der Waals surface area contributed by atoms with Crippen LogP contribution in [0.2, 0.25) is 0 Å². The van der Waals surface area contributed by atoms with Crippen LogP contribution in [0.4, 0.5) is 0 Å². The molecule has 0 aromatic rings. The number of carboxylic acids is 1. The van der Waals surface area contributed by atoms with Gasteiger partial charge in [-0.1, -0.05) is 52.5 Å². The van der Waals surface area contributed by atoms with Crippen LogP contribution in [0.1, 0.15) is 85.0 Å². The number of hydrogen-bond acceptors (Lipinski definition) is 4. The number of rotatable bonds is 14. The van der Waals surface area contributed by atoms with Gasteiger partial charge in [0.25, 0.3) is 0 Å². The van der Waals surface area contributed by atoms with Crippen molar-refractivity contribution in [2.45, 2.75) is 97.2 Å². The molecule has 162 valence electrons. The lowest BCUT2D eigenvalue weighted by molar-refractivity contribution is -0.131. The van der Waals surface area contributed by atoms with E-state index in [1.165, 1.54) is 12.8 Å². The Morgan fingerprint density at radius 2 is 1.93 bits per heavy atom. The second-order valence-corrected chi connectivity index (χ2v) is 8.80. The fourth-order valence-electron chi connectivity index (χ4n) is 4.73. The van der Waals surface area contributed by atoms with Crippen molar-refractivity contribution in [3.63, 3.8) is 0 Å². The Kier molecular flexibility index (Phi) is 11.6. The first kappa shape index (κ1) is 24.8. The topological polar surface area (TPSA) is 94.8 Å². The minimum Gasteiger partial charge on any atom is -0.478 e. The Balaban J connectivity index is 2.50. The molecule has 3 N–H and O–H groups in total. The number of carbonyl (C=O) groups excluding carboxylic acids is 1. The summed E-state index contributed by atoms with van der Waals surface area (Å²) in [5, 5.41) is 29.5. The zero-order chi connectivity index (χ0) is 21.1. The predicted octanol–water partition coefficient (Wildman–Crippen LogP) is 4.36. The summed E-state index contributed by atoms with van der Waals surface area (Å²) < 4.78 is 0. The van der Waals surface area contributed by atoms with Crippen LogP contribution in [0, 0.1) is 23.7 Å². The quantitative estimate of drug-likeness (QED) is 0.300. The third-order valence-corrected chi connectivity index (χ3v) is 6.15. The molecular formula is C23H40O5. The molecule has 6 atom stereocenters. The molecule has 28 heavy (non-hydrogen) atoms. The van der Waals surface area contributed by atoms with Gasteiger partial charge in [0.1, 0.15) is 5.78 Å². The van der Waals surface area contributed by atoms with Crippen LogP contribution in [0.5, 0.6) is 0 Å². The highest BCUT2D eigenvalue weighted by molar-refractivity contribution is 5.84. The van der Waals surface area contributed by atoms with Gasteiger partial charge in [0.05, 0.1) is 12.2 Å². The average Bonchev–Trinajstić information content (AvgIpc) is 2.89. The molecule has 1 rings (SSSR count). The molecule has 1 aliphatic rings. The van der Waals surface area contributed by atoms with Crippen LogP contribution < -0.4 is 0 Å². The second-order valence-electron chi connectivity index (χ2n) is 8.80. The Morgan fingerprint density at radius 1 is 1.21 bits per heavy atom. The Morgan fingerprint density at radius 3 is 2.57 bits per heavy atom. The van der Waals surface area contributed by atoms with E-state index in [0.29, 0.717) is 18.8 Å². The third kappa shape index (κ3) is 8.87. The molecule has 0 bridgehead atoms. The molecular weight excluding hydrogens is 356 g/mol. The van der Waals surface area contributed by atoms with Crippen LogP contribution in [0.15, 0.2) is 12.2 Å². The minimum atomic E-state index is -0.939. The molecule has 0 aromatic carbocycles. The smallest absolute Gasteiger partial charge is 0.327 e. The van der Waals surface area contributed by atoms with Gasteiger partial charge in [-0.05, 0) is 49.9 Å². The number of unbranched alkanes of at least 4 members (excludes halogenated alkanes) is 3. The summed E-state index contributed by atoms with van der Waals surface area (Å²) in [6.45, 7) is 6.40. The first-order valence-electron chi connectivity index (χ1n) is 11.0. The maximum atomic E-state index is 12.4. The lowest BCUT2D eigenvalue weighted by Gasteiger charge is -2.29. The van der Waals surface area contributed by atoms with E-state index in [1.807, 2.05) is 0 Å². The first-order chi connectivity index (χ1) is 13.3. The van der Waals surface area contributed by atoms with Crippen LogP contribution in [0.25, 0.3) is 0 Å². The summed E-state index contributed by atoms with van der Waals surface area (Å²) >= 11 is 0. The number of allylic oxidation sites excluding steroid dienone is 1. The van der Waals surface area contributed by atoms with Gasteiger partial charge in [0.2, 0.25) is 0 Å². The van der Waals surface area contributed by atoms with E-state index in [1.54, 1.807) is 6.08 Å². The van der Waals surface area contributed by atoms with E-state index < -0.39 is 12.1 Å². The van der Waals surface area contributed by atoms with Crippen molar-refractivity contribution in [2.75, 3.05) is 0 Å². The molecule has 5 heteroatoms. The van der Waals surface area contributed by atoms with Gasteiger partial charge in [0, 0.05) is 18.4 Å². The molecule has 1 saturated carbocycles. The monoisotopic (exact) mass is 396 g/mol. The average molecular weight is 397 g/mol. The number of aliphatic hydroxyl groups excluding tert-OH is 2. The number of hydrogen-bond donors (Lipinski definition) is 3. The molecule has 0 amide bonds. The summed E-state index contributed by atoms with van der Waals surface area (Å²) in [6.07, 6.45) is 10.0. The number of aliphatic carboxylic acids is 1. The summed E-state index contributed by atoms with van der Waals surface area (Å²) in [6, 6.07) is 0. The van der Waals surface area contributed by atoms with Gasteiger partial charge in [0.15, 0.2) is 0 Å². The molecule has 1 unspecified atom stereocenters. The Labute approximate surface area is 170 Å². The summed E-state index contributed by atoms with van der Waals surface area (Å²) in [5.74, 6) is -0.429. The standard InChI is InChI=1S/C23H40O5/c1-4-5-10-16(2)13-18(24)14-17(3)23-19(20(25)15-21(23)26)11-8-6-7-9-12-22(27)28/h9,12,16-19,21,23-24,26H,4-8,10-11,13-15H2,1-3H3,(H,27,28)/b12-9+/t16-,17?,18-,19-,21+,23+/m0/s1. The van der Waals surface area contributed by atoms with E-state index in [4.69, 9.17) is 5.11 Å². The van der Waals surface area contributed by atoms with E-state index in [-0.39, 0.29) is 36.1 Å². The highest BCUT2D eigenvalue weighted by Gasteiger charge is 2.43. The molecule has 0 aliphatic heterocycles. The van der Waals surface area contributed by atoms with E-state index in [0.717, 1.165) is 38.2 Å². The van der Waals surface area contributed by atoms with Gasteiger partial charge >= 0.3 is 5.97 Å². The van der Waals surface area contributed by atoms with Gasteiger partial charge in [-0.15, -0.1) is 0 Å². The first-order valence-corrected chi connectivity index (χ1v) is 11.0. The van der Waals surface area contributed by atoms with Crippen molar-refractivity contribution in [3.8, 4) is 0 Å². The second kappa shape index (κ2) is 13.1. The number of aliphatic hydroxyl groups is 2.